The first kappa shape index (κ1) is 28.5. The Morgan fingerprint density at radius 3 is 2.63 bits per heavy atom. The molecule has 0 aliphatic carbocycles. The molecule has 3 N–H and O–H groups in total. The molecule has 11 heteroatoms. The van der Waals surface area contributed by atoms with E-state index in [-0.39, 0.29) is 19.3 Å². The Hall–Kier alpha value is -4.12. The van der Waals surface area contributed by atoms with Crippen LogP contribution < -0.4 is 30.3 Å². The molecule has 10 nitrogen and oxygen atoms in total. The molecule has 0 saturated carbocycles. The average molecular weight is 541 g/mol. The van der Waals surface area contributed by atoms with Crippen molar-refractivity contribution >= 4 is 35.4 Å². The fourth-order valence-corrected chi connectivity index (χ4v) is 4.00. The molecule has 0 bridgehead atoms. The number of hydrogen-bond acceptors (Lipinski definition) is 8. The number of methoxy groups -OCH3 is 1. The van der Waals surface area contributed by atoms with Crippen LogP contribution in [0.25, 0.3) is 0 Å². The predicted octanol–water partition coefficient (Wildman–Crippen LogP) is 3.37. The summed E-state index contributed by atoms with van der Waals surface area (Å²) in [5, 5.41) is 10.4. The summed E-state index contributed by atoms with van der Waals surface area (Å²) in [7, 11) is 1.56. The molecule has 0 fully saturated rings. The van der Waals surface area contributed by atoms with Crippen molar-refractivity contribution in [2.45, 2.75) is 39.8 Å². The van der Waals surface area contributed by atoms with Crippen molar-refractivity contribution in [2.24, 2.45) is 5.10 Å². The Bertz CT molecular complexity index is 1240. The van der Waals surface area contributed by atoms with Crippen molar-refractivity contribution in [1.82, 2.24) is 16.1 Å². The van der Waals surface area contributed by atoms with E-state index in [1.165, 1.54) is 6.21 Å². The quantitative estimate of drug-likeness (QED) is 0.171. The molecule has 1 amide bonds. The second-order valence-corrected chi connectivity index (χ2v) is 8.90. The number of thiocarbonyl (C=S) groups is 1. The van der Waals surface area contributed by atoms with Crippen LogP contribution in [0, 0.1) is 0 Å². The van der Waals surface area contributed by atoms with E-state index in [1.54, 1.807) is 57.4 Å². The number of esters is 1. The number of benzene rings is 2. The van der Waals surface area contributed by atoms with Gasteiger partial charge in [0.25, 0.3) is 5.91 Å². The summed E-state index contributed by atoms with van der Waals surface area (Å²) in [5.41, 5.74) is 4.75. The molecule has 202 valence electrons. The highest BCUT2D eigenvalue weighted by Crippen LogP contribution is 2.33. The molecule has 0 unspecified atom stereocenters. The van der Waals surface area contributed by atoms with E-state index in [4.69, 9.17) is 31.2 Å². The van der Waals surface area contributed by atoms with Crippen LogP contribution in [-0.4, -0.2) is 49.6 Å². The number of nitrogens with zero attached hydrogens (tertiary/aromatic N) is 1. The Balaban J connectivity index is 1.68. The van der Waals surface area contributed by atoms with E-state index < -0.39 is 17.9 Å². The molecule has 1 aliphatic rings. The smallest absolute Gasteiger partial charge is 0.338 e. The summed E-state index contributed by atoms with van der Waals surface area (Å²) in [5.74, 6) is 0.657. The Kier molecular flexibility index (Phi) is 10.1. The molecule has 1 atom stereocenters. The summed E-state index contributed by atoms with van der Waals surface area (Å²) in [6.07, 6.45) is 1.50. The van der Waals surface area contributed by atoms with Gasteiger partial charge in [-0.05, 0) is 69.7 Å². The van der Waals surface area contributed by atoms with Crippen LogP contribution in [0.2, 0.25) is 0 Å². The monoisotopic (exact) mass is 540 g/mol. The third kappa shape index (κ3) is 7.45. The largest absolute Gasteiger partial charge is 0.493 e. The van der Waals surface area contributed by atoms with Crippen molar-refractivity contribution in [2.75, 3.05) is 20.3 Å². The third-order valence-electron chi connectivity index (χ3n) is 5.31. The molecule has 0 saturated heterocycles. The molecule has 0 spiro atoms. The van der Waals surface area contributed by atoms with Gasteiger partial charge in [-0.2, -0.15) is 5.10 Å². The molecular weight excluding hydrogens is 508 g/mol. The standard InChI is InChI=1S/C27H32N4O6S/c1-6-35-26(33)24-17(4)29-27(38)30-25(24)19-9-7-8-10-20(19)36-15-23(32)31-28-14-18-11-12-21(37-16(2)3)22(13-18)34-5/h7-14,16,25H,6,15H2,1-5H3,(H,31,32)(H2,29,30,38)/t25-/m0/s1. The Morgan fingerprint density at radius 2 is 1.92 bits per heavy atom. The summed E-state index contributed by atoms with van der Waals surface area (Å²) in [4.78, 5) is 25.1. The van der Waals surface area contributed by atoms with Gasteiger partial charge in [0, 0.05) is 11.3 Å². The maximum atomic E-state index is 12.7. The first-order valence-corrected chi connectivity index (χ1v) is 12.5. The summed E-state index contributed by atoms with van der Waals surface area (Å²) in [6, 6.07) is 11.8. The third-order valence-corrected chi connectivity index (χ3v) is 5.53. The van der Waals surface area contributed by atoms with Crippen LogP contribution >= 0.6 is 12.2 Å². The fourth-order valence-electron chi connectivity index (χ4n) is 3.73. The maximum Gasteiger partial charge on any atom is 0.338 e. The lowest BCUT2D eigenvalue weighted by atomic mass is 9.95. The van der Waals surface area contributed by atoms with E-state index in [1.807, 2.05) is 19.9 Å². The minimum atomic E-state index is -0.613. The van der Waals surface area contributed by atoms with Gasteiger partial charge in [-0.1, -0.05) is 18.2 Å². The molecule has 2 aromatic rings. The van der Waals surface area contributed by atoms with Crippen molar-refractivity contribution in [3.05, 3.63) is 64.9 Å². The van der Waals surface area contributed by atoms with Gasteiger partial charge in [0.2, 0.25) is 0 Å². The average Bonchev–Trinajstić information content (AvgIpc) is 2.87. The number of nitrogens with one attached hydrogen (secondary N) is 3. The van der Waals surface area contributed by atoms with Gasteiger partial charge in [-0.15, -0.1) is 0 Å². The second-order valence-electron chi connectivity index (χ2n) is 8.49. The zero-order chi connectivity index (χ0) is 27.7. The van der Waals surface area contributed by atoms with Crippen LogP contribution in [0.3, 0.4) is 0 Å². The van der Waals surface area contributed by atoms with Crippen LogP contribution in [0.4, 0.5) is 0 Å². The minimum Gasteiger partial charge on any atom is -0.493 e. The van der Waals surface area contributed by atoms with Crippen LogP contribution in [-0.2, 0) is 14.3 Å². The molecule has 3 rings (SSSR count). The highest BCUT2D eigenvalue weighted by atomic mass is 32.1. The van der Waals surface area contributed by atoms with E-state index >= 15 is 0 Å². The zero-order valence-corrected chi connectivity index (χ0v) is 22.8. The fraction of sp³-hybridized carbons (Fsp3) is 0.333. The molecule has 2 aromatic carbocycles. The number of hydrogen-bond donors (Lipinski definition) is 3. The number of para-hydroxylation sites is 1. The summed E-state index contributed by atoms with van der Waals surface area (Å²) in [6.45, 7) is 7.28. The van der Waals surface area contributed by atoms with Crippen LogP contribution in [0.5, 0.6) is 17.2 Å². The number of ether oxygens (including phenoxy) is 4. The van der Waals surface area contributed by atoms with Crippen LogP contribution in [0.1, 0.15) is 44.9 Å². The van der Waals surface area contributed by atoms with E-state index in [9.17, 15) is 9.59 Å². The highest BCUT2D eigenvalue weighted by molar-refractivity contribution is 7.80. The number of carbonyl (C=O) groups excluding carboxylic acids is 2. The molecule has 0 aromatic heterocycles. The van der Waals surface area contributed by atoms with Crippen LogP contribution in [0.15, 0.2) is 58.8 Å². The first-order chi connectivity index (χ1) is 18.2. The Labute approximate surface area is 227 Å². The van der Waals surface area contributed by atoms with Gasteiger partial charge in [-0.25, -0.2) is 10.2 Å². The molecule has 0 radical (unpaired) electrons. The lowest BCUT2D eigenvalue weighted by Crippen LogP contribution is -2.45. The lowest BCUT2D eigenvalue weighted by Gasteiger charge is -2.30. The van der Waals surface area contributed by atoms with Gasteiger partial charge < -0.3 is 29.6 Å². The van der Waals surface area contributed by atoms with Crippen molar-refractivity contribution in [3.8, 4) is 17.2 Å². The van der Waals surface area contributed by atoms with Gasteiger partial charge in [0.1, 0.15) is 5.75 Å². The number of rotatable bonds is 11. The Morgan fingerprint density at radius 1 is 1.16 bits per heavy atom. The highest BCUT2D eigenvalue weighted by Gasteiger charge is 2.32. The van der Waals surface area contributed by atoms with E-state index in [0.717, 1.165) is 0 Å². The van der Waals surface area contributed by atoms with E-state index in [0.29, 0.717) is 44.8 Å². The number of carbonyl (C=O) groups is 2. The summed E-state index contributed by atoms with van der Waals surface area (Å²) >= 11 is 5.30. The second kappa shape index (κ2) is 13.4. The molecule has 38 heavy (non-hydrogen) atoms. The molecular formula is C27H32N4O6S. The van der Waals surface area contributed by atoms with Crippen molar-refractivity contribution < 1.29 is 28.5 Å². The minimum absolute atomic E-state index is 0.00629. The number of hydrazone groups is 1. The van der Waals surface area contributed by atoms with Crippen molar-refractivity contribution in [3.63, 3.8) is 0 Å². The maximum absolute atomic E-state index is 12.7. The zero-order valence-electron chi connectivity index (χ0n) is 22.0. The van der Waals surface area contributed by atoms with Crippen molar-refractivity contribution in [1.29, 1.82) is 0 Å². The topological polar surface area (TPSA) is 120 Å². The van der Waals surface area contributed by atoms with Gasteiger partial charge in [-0.3, -0.25) is 4.79 Å². The summed E-state index contributed by atoms with van der Waals surface area (Å²) < 4.78 is 22.1. The lowest BCUT2D eigenvalue weighted by molar-refractivity contribution is -0.139. The van der Waals surface area contributed by atoms with Gasteiger partial charge in [0.05, 0.1) is 37.7 Å². The van der Waals surface area contributed by atoms with Gasteiger partial charge in [0.15, 0.2) is 23.2 Å². The normalized spacial score (nSPS) is 15.1. The number of allylic oxidation sites excluding steroid dienone is 1. The predicted molar refractivity (Wildman–Crippen MR) is 147 cm³/mol. The first-order valence-electron chi connectivity index (χ1n) is 12.1. The number of amides is 1. The molecule has 1 aliphatic heterocycles. The van der Waals surface area contributed by atoms with Gasteiger partial charge >= 0.3 is 5.97 Å². The SMILES string of the molecule is CCOC(=O)C1=C(C)NC(=S)N[C@H]1c1ccccc1OCC(=O)NN=Cc1ccc(OC(C)C)c(OC)c1. The van der Waals surface area contributed by atoms with E-state index in [2.05, 4.69) is 21.2 Å². The molecule has 1 heterocycles.